The van der Waals surface area contributed by atoms with E-state index >= 15 is 0 Å². The van der Waals surface area contributed by atoms with Gasteiger partial charge in [0.1, 0.15) is 0 Å². The second-order valence-corrected chi connectivity index (χ2v) is 4.61. The van der Waals surface area contributed by atoms with E-state index in [0.717, 1.165) is 6.42 Å². The SMILES string of the molecule is CC(C)CC(C)OC(=O)c1cnccc1Cl. The topological polar surface area (TPSA) is 39.2 Å². The summed E-state index contributed by atoms with van der Waals surface area (Å²) in [6.07, 6.45) is 3.69. The zero-order chi connectivity index (χ0) is 12.1. The molecule has 0 amide bonds. The number of halogens is 1. The van der Waals surface area contributed by atoms with Gasteiger partial charge < -0.3 is 4.74 Å². The molecule has 0 aliphatic rings. The first-order valence-electron chi connectivity index (χ1n) is 5.31. The lowest BCUT2D eigenvalue weighted by molar-refractivity contribution is 0.0299. The highest BCUT2D eigenvalue weighted by Gasteiger charge is 2.15. The average Bonchev–Trinajstić information content (AvgIpc) is 2.16. The van der Waals surface area contributed by atoms with Gasteiger partial charge in [-0.2, -0.15) is 0 Å². The number of nitrogens with zero attached hydrogens (tertiary/aromatic N) is 1. The molecule has 1 aromatic rings. The molecule has 1 atom stereocenters. The normalized spacial score (nSPS) is 12.6. The van der Waals surface area contributed by atoms with Crippen molar-refractivity contribution in [2.75, 3.05) is 0 Å². The summed E-state index contributed by atoms with van der Waals surface area (Å²) in [5.41, 5.74) is 0.319. The lowest BCUT2D eigenvalue weighted by atomic mass is 10.1. The maximum absolute atomic E-state index is 11.7. The van der Waals surface area contributed by atoms with Gasteiger partial charge in [-0.05, 0) is 25.3 Å². The van der Waals surface area contributed by atoms with Crippen molar-refractivity contribution in [3.63, 3.8) is 0 Å². The van der Waals surface area contributed by atoms with E-state index in [0.29, 0.717) is 16.5 Å². The molecule has 1 heterocycles. The van der Waals surface area contributed by atoms with Crippen molar-refractivity contribution in [2.24, 2.45) is 5.92 Å². The van der Waals surface area contributed by atoms with E-state index in [1.165, 1.54) is 12.4 Å². The summed E-state index contributed by atoms with van der Waals surface area (Å²) < 4.78 is 5.26. The van der Waals surface area contributed by atoms with Gasteiger partial charge >= 0.3 is 5.97 Å². The lowest BCUT2D eigenvalue weighted by Gasteiger charge is -2.15. The third-order valence-corrected chi connectivity index (χ3v) is 2.43. The van der Waals surface area contributed by atoms with Gasteiger partial charge in [0, 0.05) is 12.4 Å². The van der Waals surface area contributed by atoms with Crippen molar-refractivity contribution >= 4 is 17.6 Å². The van der Waals surface area contributed by atoms with E-state index in [2.05, 4.69) is 18.8 Å². The molecule has 0 saturated heterocycles. The van der Waals surface area contributed by atoms with Crippen LogP contribution in [0.5, 0.6) is 0 Å². The van der Waals surface area contributed by atoms with Crippen LogP contribution in [0.1, 0.15) is 37.6 Å². The largest absolute Gasteiger partial charge is 0.459 e. The van der Waals surface area contributed by atoms with Gasteiger partial charge in [-0.25, -0.2) is 4.79 Å². The second-order valence-electron chi connectivity index (χ2n) is 4.20. The summed E-state index contributed by atoms with van der Waals surface area (Å²) in [7, 11) is 0. The number of rotatable bonds is 4. The van der Waals surface area contributed by atoms with Gasteiger partial charge in [-0.15, -0.1) is 0 Å². The fourth-order valence-corrected chi connectivity index (χ4v) is 1.67. The minimum atomic E-state index is -0.411. The third kappa shape index (κ3) is 3.81. The molecule has 1 rings (SSSR count). The number of carbonyl (C=O) groups is 1. The van der Waals surface area contributed by atoms with Crippen LogP contribution in [0.25, 0.3) is 0 Å². The molecule has 4 heteroatoms. The standard InChI is InChI=1S/C12H16ClNO2/c1-8(2)6-9(3)16-12(15)10-7-14-5-4-11(10)13/h4-5,7-9H,6H2,1-3H3. The van der Waals surface area contributed by atoms with E-state index in [1.54, 1.807) is 6.07 Å². The number of ether oxygens (including phenoxy) is 1. The molecule has 0 radical (unpaired) electrons. The summed E-state index contributed by atoms with van der Waals surface area (Å²) in [4.78, 5) is 15.6. The maximum atomic E-state index is 11.7. The van der Waals surface area contributed by atoms with Gasteiger partial charge in [0.05, 0.1) is 16.7 Å². The predicted octanol–water partition coefficient (Wildman–Crippen LogP) is 3.33. The monoisotopic (exact) mass is 241 g/mol. The molecule has 3 nitrogen and oxygen atoms in total. The Labute approximate surface area is 101 Å². The zero-order valence-corrected chi connectivity index (χ0v) is 10.5. The van der Waals surface area contributed by atoms with Crippen molar-refractivity contribution in [3.8, 4) is 0 Å². The van der Waals surface area contributed by atoms with Gasteiger partial charge in [0.25, 0.3) is 0 Å². The molecule has 88 valence electrons. The van der Waals surface area contributed by atoms with Gasteiger partial charge in [-0.3, -0.25) is 4.98 Å². The van der Waals surface area contributed by atoms with Crippen LogP contribution in [0.2, 0.25) is 5.02 Å². The van der Waals surface area contributed by atoms with Gasteiger partial charge in [-0.1, -0.05) is 25.4 Å². The van der Waals surface area contributed by atoms with Crippen molar-refractivity contribution in [2.45, 2.75) is 33.3 Å². The third-order valence-electron chi connectivity index (χ3n) is 2.10. The first-order chi connectivity index (χ1) is 7.50. The first-order valence-corrected chi connectivity index (χ1v) is 5.69. The average molecular weight is 242 g/mol. The van der Waals surface area contributed by atoms with E-state index in [9.17, 15) is 4.79 Å². The maximum Gasteiger partial charge on any atom is 0.341 e. The molecule has 1 aromatic heterocycles. The number of carbonyl (C=O) groups excluding carboxylic acids is 1. The fraction of sp³-hybridized carbons (Fsp3) is 0.500. The number of esters is 1. The van der Waals surface area contributed by atoms with Crippen molar-refractivity contribution in [3.05, 3.63) is 29.0 Å². The molecule has 1 unspecified atom stereocenters. The quantitative estimate of drug-likeness (QED) is 0.759. The molecule has 0 saturated carbocycles. The molecular formula is C12H16ClNO2. The fourth-order valence-electron chi connectivity index (χ4n) is 1.49. The van der Waals surface area contributed by atoms with Gasteiger partial charge in [0.2, 0.25) is 0 Å². The number of hydrogen-bond donors (Lipinski definition) is 0. The molecular weight excluding hydrogens is 226 g/mol. The summed E-state index contributed by atoms with van der Waals surface area (Å²) in [5, 5.41) is 0.372. The first kappa shape index (κ1) is 13.0. The van der Waals surface area contributed by atoms with Crippen molar-refractivity contribution in [1.29, 1.82) is 0 Å². The predicted molar refractivity (Wildman–Crippen MR) is 63.6 cm³/mol. The number of pyridine rings is 1. The van der Waals surface area contributed by atoms with Crippen LogP contribution < -0.4 is 0 Å². The Morgan fingerprint density at radius 1 is 1.50 bits per heavy atom. The highest BCUT2D eigenvalue weighted by Crippen LogP contribution is 2.16. The Hall–Kier alpha value is -1.09. The Balaban J connectivity index is 2.63. The van der Waals surface area contributed by atoms with Crippen LogP contribution in [-0.2, 0) is 4.74 Å². The lowest BCUT2D eigenvalue weighted by Crippen LogP contribution is -2.17. The van der Waals surface area contributed by atoms with Crippen LogP contribution >= 0.6 is 11.6 Å². The van der Waals surface area contributed by atoms with Crippen LogP contribution in [0.4, 0.5) is 0 Å². The zero-order valence-electron chi connectivity index (χ0n) is 9.74. The van der Waals surface area contributed by atoms with Crippen LogP contribution in [0.15, 0.2) is 18.5 Å². The Kier molecular flexibility index (Phi) is 4.74. The molecule has 0 N–H and O–H groups in total. The Morgan fingerprint density at radius 2 is 2.19 bits per heavy atom. The highest BCUT2D eigenvalue weighted by molar-refractivity contribution is 6.33. The van der Waals surface area contributed by atoms with E-state index in [-0.39, 0.29) is 6.10 Å². The number of aromatic nitrogens is 1. The van der Waals surface area contributed by atoms with E-state index in [1.807, 2.05) is 6.92 Å². The van der Waals surface area contributed by atoms with Crippen molar-refractivity contribution < 1.29 is 9.53 Å². The smallest absolute Gasteiger partial charge is 0.341 e. The number of hydrogen-bond acceptors (Lipinski definition) is 3. The summed E-state index contributed by atoms with van der Waals surface area (Å²) in [6, 6.07) is 1.57. The van der Waals surface area contributed by atoms with Crippen LogP contribution in [0.3, 0.4) is 0 Å². The molecule has 0 aliphatic heterocycles. The molecule has 0 aromatic carbocycles. The van der Waals surface area contributed by atoms with Gasteiger partial charge in [0.15, 0.2) is 0 Å². The summed E-state index contributed by atoms with van der Waals surface area (Å²) in [5.74, 6) is 0.0819. The molecule has 0 spiro atoms. The second kappa shape index (κ2) is 5.85. The Bertz CT molecular complexity index is 366. The van der Waals surface area contributed by atoms with Crippen molar-refractivity contribution in [1.82, 2.24) is 4.98 Å². The minimum absolute atomic E-state index is 0.108. The van der Waals surface area contributed by atoms with Crippen LogP contribution in [0, 0.1) is 5.92 Å². The molecule has 16 heavy (non-hydrogen) atoms. The van der Waals surface area contributed by atoms with E-state index < -0.39 is 5.97 Å². The highest BCUT2D eigenvalue weighted by atomic mass is 35.5. The minimum Gasteiger partial charge on any atom is -0.459 e. The molecule has 0 fully saturated rings. The molecule has 0 bridgehead atoms. The Morgan fingerprint density at radius 3 is 2.75 bits per heavy atom. The molecule has 0 aliphatic carbocycles. The summed E-state index contributed by atoms with van der Waals surface area (Å²) >= 11 is 5.87. The van der Waals surface area contributed by atoms with Crippen LogP contribution in [-0.4, -0.2) is 17.1 Å². The summed E-state index contributed by atoms with van der Waals surface area (Å²) in [6.45, 7) is 6.05. The van der Waals surface area contributed by atoms with E-state index in [4.69, 9.17) is 16.3 Å².